The van der Waals surface area contributed by atoms with Crippen molar-refractivity contribution in [2.24, 2.45) is 0 Å². The molecule has 0 aliphatic carbocycles. The van der Waals surface area contributed by atoms with E-state index in [4.69, 9.17) is 29.9 Å². The molecule has 0 aliphatic rings. The van der Waals surface area contributed by atoms with Crippen molar-refractivity contribution in [1.82, 2.24) is 15.2 Å². The molecule has 0 bridgehead atoms. The summed E-state index contributed by atoms with van der Waals surface area (Å²) in [6, 6.07) is 8.17. The smallest absolute Gasteiger partial charge is 0.447 e. The highest BCUT2D eigenvalue weighted by atomic mass is 35.5. The number of halogens is 3. The Bertz CT molecular complexity index is 1480. The minimum atomic E-state index is -3.93. The summed E-state index contributed by atoms with van der Waals surface area (Å²) in [7, 11) is -2.53. The number of carbonyl (C=O) groups is 2. The number of hydrogen-bond acceptors (Lipinski definition) is 9. The number of urea groups is 1. The molecule has 0 unspecified atom stereocenters. The largest absolute Gasteiger partial charge is 0.474 e. The third-order valence-corrected chi connectivity index (χ3v) is 8.23. The maximum Gasteiger partial charge on any atom is 0.474 e. The molecule has 2 atom stereocenters. The van der Waals surface area contributed by atoms with E-state index in [1.807, 2.05) is 0 Å². The number of aliphatic hydroxyl groups is 1. The second kappa shape index (κ2) is 16.6. The minimum absolute atomic E-state index is 0.0399. The molecule has 3 amide bonds. The van der Waals surface area contributed by atoms with Crippen LogP contribution in [-0.4, -0.2) is 72.7 Å². The molecule has 2 aromatic carbocycles. The number of pyridine rings is 1. The van der Waals surface area contributed by atoms with Crippen LogP contribution in [0.15, 0.2) is 48.7 Å². The van der Waals surface area contributed by atoms with Crippen LogP contribution < -0.4 is 10.6 Å². The summed E-state index contributed by atoms with van der Waals surface area (Å²) in [5, 5.41) is 16.7. The summed E-state index contributed by atoms with van der Waals surface area (Å²) in [6.07, 6.45) is -0.966. The number of phosphoric acid groups is 1. The molecule has 3 N–H and O–H groups in total. The van der Waals surface area contributed by atoms with Gasteiger partial charge in [-0.05, 0) is 61.5 Å². The van der Waals surface area contributed by atoms with Gasteiger partial charge in [0.25, 0.3) is 0 Å². The Morgan fingerprint density at radius 2 is 1.80 bits per heavy atom. The fraction of sp³-hybridized carbons (Fsp3) is 0.393. The van der Waals surface area contributed by atoms with Crippen LogP contribution in [0, 0.1) is 11.6 Å². The SMILES string of the molecule is CCOP(=O)(OCC)OC[C@@H](O)C[C@H](COC(=O)Nc1cc2cc(F)ccc2cn1)N(C)C(=O)NCc1cccc(F)c1Cl. The highest BCUT2D eigenvalue weighted by molar-refractivity contribution is 7.48. The molecule has 0 spiro atoms. The number of rotatable bonds is 15. The molecule has 16 heteroatoms. The molecule has 0 aliphatic heterocycles. The normalized spacial score (nSPS) is 12.9. The predicted molar refractivity (Wildman–Crippen MR) is 159 cm³/mol. The maximum atomic E-state index is 13.8. The Morgan fingerprint density at radius 1 is 1.07 bits per heavy atom. The highest BCUT2D eigenvalue weighted by Crippen LogP contribution is 2.49. The Balaban J connectivity index is 1.68. The van der Waals surface area contributed by atoms with Crippen molar-refractivity contribution in [3.05, 3.63) is 70.9 Å². The lowest BCUT2D eigenvalue weighted by Gasteiger charge is -2.30. The van der Waals surface area contributed by atoms with Gasteiger partial charge >= 0.3 is 19.9 Å². The molecule has 12 nitrogen and oxygen atoms in total. The van der Waals surface area contributed by atoms with Crippen LogP contribution in [-0.2, 0) is 29.4 Å². The van der Waals surface area contributed by atoms with Crippen LogP contribution in [0.3, 0.4) is 0 Å². The Labute approximate surface area is 258 Å². The van der Waals surface area contributed by atoms with E-state index < -0.39 is 56.9 Å². The molecule has 3 aromatic rings. The summed E-state index contributed by atoms with van der Waals surface area (Å²) >= 11 is 5.98. The van der Waals surface area contributed by atoms with Gasteiger partial charge in [0.1, 0.15) is 24.1 Å². The Kier molecular flexibility index (Phi) is 13.3. The first-order valence-corrected chi connectivity index (χ1v) is 15.4. The fourth-order valence-corrected chi connectivity index (χ4v) is 5.37. The van der Waals surface area contributed by atoms with E-state index in [1.165, 1.54) is 48.5 Å². The van der Waals surface area contributed by atoms with Gasteiger partial charge in [0.2, 0.25) is 0 Å². The number of likely N-dealkylation sites (N-methyl/N-ethyl adjacent to an activating group) is 1. The predicted octanol–water partition coefficient (Wildman–Crippen LogP) is 5.87. The van der Waals surface area contributed by atoms with Gasteiger partial charge in [-0.2, -0.15) is 0 Å². The molecule has 1 heterocycles. The van der Waals surface area contributed by atoms with Gasteiger partial charge in [0.05, 0.1) is 37.0 Å². The Hall–Kier alpha value is -3.39. The number of aliphatic hydroxyl groups excluding tert-OH is 1. The van der Waals surface area contributed by atoms with Crippen LogP contribution in [0.1, 0.15) is 25.8 Å². The van der Waals surface area contributed by atoms with Gasteiger partial charge in [0.15, 0.2) is 0 Å². The zero-order valence-corrected chi connectivity index (χ0v) is 25.9. The molecule has 1 aromatic heterocycles. The number of aromatic nitrogens is 1. The lowest BCUT2D eigenvalue weighted by molar-refractivity contribution is 0.0353. The van der Waals surface area contributed by atoms with E-state index in [1.54, 1.807) is 26.0 Å². The van der Waals surface area contributed by atoms with Crippen LogP contribution >= 0.6 is 19.4 Å². The monoisotopic (exact) mass is 658 g/mol. The summed E-state index contributed by atoms with van der Waals surface area (Å²) in [6.45, 7) is 2.28. The van der Waals surface area contributed by atoms with Crippen LogP contribution in [0.4, 0.5) is 24.2 Å². The van der Waals surface area contributed by atoms with Crippen LogP contribution in [0.5, 0.6) is 0 Å². The first-order chi connectivity index (χ1) is 20.9. The van der Waals surface area contributed by atoms with E-state index in [0.29, 0.717) is 16.3 Å². The number of nitrogens with zero attached hydrogens (tertiary/aromatic N) is 2. The molecule has 0 saturated carbocycles. The van der Waals surface area contributed by atoms with E-state index in [-0.39, 0.29) is 37.0 Å². The van der Waals surface area contributed by atoms with Crippen molar-refractivity contribution in [3.8, 4) is 0 Å². The number of benzene rings is 2. The van der Waals surface area contributed by atoms with Crippen molar-refractivity contribution in [1.29, 1.82) is 0 Å². The number of hydrogen-bond donors (Lipinski definition) is 3. The fourth-order valence-electron chi connectivity index (χ4n) is 3.96. The van der Waals surface area contributed by atoms with E-state index >= 15 is 0 Å². The van der Waals surface area contributed by atoms with E-state index in [2.05, 4.69) is 15.6 Å². The second-order valence-corrected chi connectivity index (χ2v) is 11.4. The third kappa shape index (κ3) is 10.4. The summed E-state index contributed by atoms with van der Waals surface area (Å²) in [4.78, 5) is 30.9. The van der Waals surface area contributed by atoms with E-state index in [0.717, 1.165) is 0 Å². The molecule has 0 saturated heterocycles. The maximum absolute atomic E-state index is 13.8. The van der Waals surface area contributed by atoms with Gasteiger partial charge in [-0.3, -0.25) is 18.9 Å². The number of ether oxygens (including phenoxy) is 1. The van der Waals surface area contributed by atoms with Gasteiger partial charge in [-0.1, -0.05) is 23.7 Å². The molecular weight excluding hydrogens is 625 g/mol. The molecule has 0 radical (unpaired) electrons. The van der Waals surface area contributed by atoms with E-state index in [9.17, 15) is 28.0 Å². The van der Waals surface area contributed by atoms with Crippen LogP contribution in [0.2, 0.25) is 5.02 Å². The van der Waals surface area contributed by atoms with Crippen molar-refractivity contribution in [2.75, 3.05) is 38.8 Å². The second-order valence-electron chi connectivity index (χ2n) is 9.39. The van der Waals surface area contributed by atoms with Gasteiger partial charge in [0, 0.05) is 25.2 Å². The van der Waals surface area contributed by atoms with Gasteiger partial charge in [-0.25, -0.2) is 27.9 Å². The third-order valence-electron chi connectivity index (χ3n) is 6.19. The topological polar surface area (TPSA) is 149 Å². The number of fused-ring (bicyclic) bond motifs is 1. The molecule has 3 rings (SSSR count). The first-order valence-electron chi connectivity index (χ1n) is 13.6. The zero-order valence-electron chi connectivity index (χ0n) is 24.3. The lowest BCUT2D eigenvalue weighted by Crippen LogP contribution is -2.47. The average molecular weight is 659 g/mol. The zero-order chi connectivity index (χ0) is 32.3. The van der Waals surface area contributed by atoms with Crippen molar-refractivity contribution in [2.45, 2.75) is 39.0 Å². The van der Waals surface area contributed by atoms with Crippen molar-refractivity contribution < 1.29 is 46.3 Å². The lowest BCUT2D eigenvalue weighted by atomic mass is 10.1. The number of amides is 3. The minimum Gasteiger partial charge on any atom is -0.447 e. The van der Waals surface area contributed by atoms with Gasteiger partial charge in [-0.15, -0.1) is 0 Å². The molecule has 240 valence electrons. The summed E-state index contributed by atoms with van der Waals surface area (Å²) < 4.78 is 60.7. The van der Waals surface area contributed by atoms with Crippen LogP contribution in [0.25, 0.3) is 10.8 Å². The average Bonchev–Trinajstić information content (AvgIpc) is 2.98. The standard InChI is InChI=1S/C28H34ClF2N4O8P/c1-4-41-44(39,42-5-2)43-17-23(36)13-22(35(3)27(37)33-15-19-7-6-8-24(31)26(19)29)16-40-28(38)34-25-12-20-11-21(30)10-9-18(20)14-32-25/h6-12,14,22-23,36H,4-5,13,15-17H2,1-3H3,(H,33,37)(H,32,34,38)/t22-,23+/m1/s1. The number of nitrogens with one attached hydrogen (secondary N) is 2. The highest BCUT2D eigenvalue weighted by Gasteiger charge is 2.29. The number of carbonyl (C=O) groups excluding carboxylic acids is 2. The Morgan fingerprint density at radius 3 is 2.50 bits per heavy atom. The van der Waals surface area contributed by atoms with Crippen molar-refractivity contribution in [3.63, 3.8) is 0 Å². The summed E-state index contributed by atoms with van der Waals surface area (Å²) in [5.74, 6) is -1.00. The summed E-state index contributed by atoms with van der Waals surface area (Å²) in [5.41, 5.74) is 0.333. The number of anilines is 1. The molecule has 0 fully saturated rings. The van der Waals surface area contributed by atoms with Gasteiger partial charge < -0.3 is 20.1 Å². The quantitative estimate of drug-likeness (QED) is 0.170. The van der Waals surface area contributed by atoms with Crippen molar-refractivity contribution >= 4 is 48.1 Å². The first kappa shape index (κ1) is 35.1. The molecule has 44 heavy (non-hydrogen) atoms. The molecular formula is C28H34ClF2N4O8P. The number of phosphoric ester groups is 1.